The largest absolute Gasteiger partial charge is 0.347 e. The van der Waals surface area contributed by atoms with E-state index < -0.39 is 16.1 Å². The summed E-state index contributed by atoms with van der Waals surface area (Å²) in [7, 11) is -0.120. The highest BCUT2D eigenvalue weighted by atomic mass is 32.2. The molecule has 0 N–H and O–H groups in total. The Morgan fingerprint density at radius 2 is 1.95 bits per heavy atom. The molecule has 1 aromatic rings. The van der Waals surface area contributed by atoms with Crippen molar-refractivity contribution >= 4 is 15.9 Å². The zero-order valence-electron chi connectivity index (χ0n) is 13.4. The van der Waals surface area contributed by atoms with Gasteiger partial charge in [-0.15, -0.1) is 0 Å². The van der Waals surface area contributed by atoms with Crippen LogP contribution >= 0.6 is 0 Å². The van der Waals surface area contributed by atoms with Gasteiger partial charge in [-0.25, -0.2) is 8.42 Å². The molecule has 2 atom stereocenters. The molecule has 0 saturated carbocycles. The van der Waals surface area contributed by atoms with Crippen molar-refractivity contribution in [3.8, 4) is 0 Å². The molecule has 0 unspecified atom stereocenters. The van der Waals surface area contributed by atoms with Crippen LogP contribution in [-0.4, -0.2) is 56.0 Å². The van der Waals surface area contributed by atoms with Gasteiger partial charge in [0.15, 0.2) is 0 Å². The van der Waals surface area contributed by atoms with Crippen LogP contribution in [-0.2, 0) is 14.8 Å². The first-order valence-corrected chi connectivity index (χ1v) is 9.19. The number of hydrogen-bond acceptors (Lipinski definition) is 3. The molecule has 0 aliphatic carbocycles. The van der Waals surface area contributed by atoms with Gasteiger partial charge in [0.05, 0.1) is 5.75 Å². The van der Waals surface area contributed by atoms with Gasteiger partial charge in [0.2, 0.25) is 15.9 Å². The van der Waals surface area contributed by atoms with Crippen molar-refractivity contribution in [2.45, 2.75) is 31.7 Å². The summed E-state index contributed by atoms with van der Waals surface area (Å²) in [6.45, 7) is 2.35. The maximum atomic E-state index is 12.7. The van der Waals surface area contributed by atoms with Crippen LogP contribution in [0.1, 0.15) is 31.2 Å². The molecule has 1 saturated heterocycles. The van der Waals surface area contributed by atoms with Gasteiger partial charge >= 0.3 is 0 Å². The van der Waals surface area contributed by atoms with E-state index in [4.69, 9.17) is 0 Å². The van der Waals surface area contributed by atoms with Crippen molar-refractivity contribution in [3.05, 3.63) is 35.9 Å². The van der Waals surface area contributed by atoms with Crippen molar-refractivity contribution in [2.24, 2.45) is 0 Å². The molecule has 1 heterocycles. The summed E-state index contributed by atoms with van der Waals surface area (Å²) in [6.07, 6.45) is 1.35. The standard InChI is InChI=1S/C16H24N2O3S/c1-13(14-8-5-4-6-9-14)12-22(20,21)18-11-7-10-15(18)16(19)17(2)3/h4-6,8-9,13,15H,7,10-12H2,1-3H3/t13-,15+/m1/s1. The fraction of sp³-hybridized carbons (Fsp3) is 0.562. The summed E-state index contributed by atoms with van der Waals surface area (Å²) in [6, 6.07) is 9.07. The highest BCUT2D eigenvalue weighted by Gasteiger charge is 2.39. The first-order valence-electron chi connectivity index (χ1n) is 7.58. The Balaban J connectivity index is 2.14. The molecule has 1 aromatic carbocycles. The van der Waals surface area contributed by atoms with E-state index in [1.807, 2.05) is 37.3 Å². The van der Waals surface area contributed by atoms with E-state index in [1.54, 1.807) is 14.1 Å². The van der Waals surface area contributed by atoms with Crippen LogP contribution in [0.4, 0.5) is 0 Å². The minimum Gasteiger partial charge on any atom is -0.347 e. The third-order valence-electron chi connectivity index (χ3n) is 4.12. The van der Waals surface area contributed by atoms with E-state index in [9.17, 15) is 13.2 Å². The Labute approximate surface area is 133 Å². The van der Waals surface area contributed by atoms with E-state index in [2.05, 4.69) is 0 Å². The summed E-state index contributed by atoms with van der Waals surface area (Å²) < 4.78 is 26.8. The van der Waals surface area contributed by atoms with Crippen molar-refractivity contribution in [1.29, 1.82) is 0 Å². The van der Waals surface area contributed by atoms with E-state index in [0.29, 0.717) is 13.0 Å². The van der Waals surface area contributed by atoms with Crippen LogP contribution in [0.25, 0.3) is 0 Å². The zero-order valence-corrected chi connectivity index (χ0v) is 14.2. The van der Waals surface area contributed by atoms with Gasteiger partial charge in [-0.05, 0) is 24.3 Å². The number of carbonyl (C=O) groups is 1. The fourth-order valence-corrected chi connectivity index (χ4v) is 4.91. The van der Waals surface area contributed by atoms with Crippen LogP contribution in [0.5, 0.6) is 0 Å². The van der Waals surface area contributed by atoms with Gasteiger partial charge in [-0.2, -0.15) is 4.31 Å². The number of carbonyl (C=O) groups excluding carboxylic acids is 1. The Morgan fingerprint density at radius 1 is 1.32 bits per heavy atom. The van der Waals surface area contributed by atoms with Crippen LogP contribution in [0.3, 0.4) is 0 Å². The van der Waals surface area contributed by atoms with Crippen molar-refractivity contribution in [3.63, 3.8) is 0 Å². The van der Waals surface area contributed by atoms with Crippen LogP contribution in [0.15, 0.2) is 30.3 Å². The molecule has 2 rings (SSSR count). The second-order valence-electron chi connectivity index (χ2n) is 6.09. The normalized spacial score (nSPS) is 20.8. The maximum Gasteiger partial charge on any atom is 0.240 e. The Hall–Kier alpha value is -1.40. The molecule has 0 radical (unpaired) electrons. The predicted molar refractivity (Wildman–Crippen MR) is 87.1 cm³/mol. The van der Waals surface area contributed by atoms with Gasteiger partial charge in [0, 0.05) is 20.6 Å². The minimum absolute atomic E-state index is 0.0359. The summed E-state index contributed by atoms with van der Waals surface area (Å²) in [4.78, 5) is 13.6. The topological polar surface area (TPSA) is 57.7 Å². The quantitative estimate of drug-likeness (QED) is 0.828. The lowest BCUT2D eigenvalue weighted by atomic mass is 10.0. The zero-order chi connectivity index (χ0) is 16.3. The lowest BCUT2D eigenvalue weighted by Crippen LogP contribution is -2.46. The number of likely N-dealkylation sites (N-methyl/N-ethyl adjacent to an activating group) is 1. The molecule has 122 valence electrons. The molecule has 22 heavy (non-hydrogen) atoms. The highest BCUT2D eigenvalue weighted by molar-refractivity contribution is 7.89. The van der Waals surface area contributed by atoms with Crippen LogP contribution < -0.4 is 0 Å². The van der Waals surface area contributed by atoms with Crippen LogP contribution in [0.2, 0.25) is 0 Å². The SMILES string of the molecule is C[C@H](CS(=O)(=O)N1CCC[C@H]1C(=O)N(C)C)c1ccccc1. The second kappa shape index (κ2) is 6.79. The van der Waals surface area contributed by atoms with Crippen molar-refractivity contribution < 1.29 is 13.2 Å². The molecule has 1 fully saturated rings. The summed E-state index contributed by atoms with van der Waals surface area (Å²) in [5.74, 6) is -0.191. The van der Waals surface area contributed by atoms with E-state index in [1.165, 1.54) is 9.21 Å². The monoisotopic (exact) mass is 324 g/mol. The maximum absolute atomic E-state index is 12.7. The number of rotatable bonds is 5. The number of nitrogens with zero attached hydrogens (tertiary/aromatic N) is 2. The van der Waals surface area contributed by atoms with E-state index >= 15 is 0 Å². The Bertz CT molecular complexity index is 614. The minimum atomic E-state index is -3.45. The second-order valence-corrected chi connectivity index (χ2v) is 8.06. The third kappa shape index (κ3) is 3.67. The van der Waals surface area contributed by atoms with Crippen LogP contribution in [0, 0.1) is 0 Å². The molecular formula is C16H24N2O3S. The highest BCUT2D eigenvalue weighted by Crippen LogP contribution is 2.26. The lowest BCUT2D eigenvalue weighted by Gasteiger charge is -2.26. The number of sulfonamides is 1. The molecule has 6 heteroatoms. The Morgan fingerprint density at radius 3 is 2.55 bits per heavy atom. The summed E-state index contributed by atoms with van der Waals surface area (Å²) in [5.41, 5.74) is 1.00. The van der Waals surface area contributed by atoms with Gasteiger partial charge in [0.25, 0.3) is 0 Å². The molecule has 1 aliphatic rings. The molecule has 1 amide bonds. The van der Waals surface area contributed by atoms with Gasteiger partial charge in [-0.3, -0.25) is 4.79 Å². The predicted octanol–water partition coefficient (Wildman–Crippen LogP) is 1.67. The molecule has 5 nitrogen and oxygen atoms in total. The molecule has 0 aromatic heterocycles. The van der Waals surface area contributed by atoms with E-state index in [0.717, 1.165) is 12.0 Å². The third-order valence-corrected chi connectivity index (χ3v) is 6.19. The first kappa shape index (κ1) is 17.0. The summed E-state index contributed by atoms with van der Waals surface area (Å²) >= 11 is 0. The number of hydrogen-bond donors (Lipinski definition) is 0. The Kier molecular flexibility index (Phi) is 5.24. The molecule has 1 aliphatic heterocycles. The summed E-state index contributed by atoms with van der Waals surface area (Å²) in [5, 5.41) is 0. The number of amides is 1. The van der Waals surface area contributed by atoms with E-state index in [-0.39, 0.29) is 17.6 Å². The number of benzene rings is 1. The first-order chi connectivity index (χ1) is 10.3. The average Bonchev–Trinajstić information content (AvgIpc) is 2.97. The van der Waals surface area contributed by atoms with Crippen molar-refractivity contribution in [2.75, 3.05) is 26.4 Å². The smallest absolute Gasteiger partial charge is 0.240 e. The lowest BCUT2D eigenvalue weighted by molar-refractivity contribution is -0.132. The molecular weight excluding hydrogens is 300 g/mol. The fourth-order valence-electron chi connectivity index (χ4n) is 2.91. The molecule has 0 bridgehead atoms. The van der Waals surface area contributed by atoms with Gasteiger partial charge in [0.1, 0.15) is 6.04 Å². The molecule has 0 spiro atoms. The average molecular weight is 324 g/mol. The van der Waals surface area contributed by atoms with Gasteiger partial charge in [-0.1, -0.05) is 37.3 Å². The van der Waals surface area contributed by atoms with Gasteiger partial charge < -0.3 is 4.90 Å². The van der Waals surface area contributed by atoms with Crippen molar-refractivity contribution in [1.82, 2.24) is 9.21 Å².